The number of hydrogen-bond acceptors (Lipinski definition) is 10. The van der Waals surface area contributed by atoms with Gasteiger partial charge in [0.1, 0.15) is 11.6 Å². The molecule has 2 aliphatic rings. The average molecular weight is 624 g/mol. The van der Waals surface area contributed by atoms with Crippen LogP contribution in [0.1, 0.15) is 36.6 Å². The van der Waals surface area contributed by atoms with Gasteiger partial charge in [-0.15, -0.1) is 0 Å². The standard InChI is InChI=1S/C28H33N9O4S2/c1-35-15-21(13-31-35)24-14-30-27-26(33-25-12-23(34-42-25)20-9-11-36(16-20)43(2,39)40)32-22(17-37(24)27)8-10-29-28(38)41-18-19-6-4-3-5-7-19/h4,6-7,12-15,17,20H,3,5,8-11,16,18H2,1-2H3,(H,29,38)(H,32,33). The quantitative estimate of drug-likeness (QED) is 0.270. The van der Waals surface area contributed by atoms with E-state index in [1.807, 2.05) is 36.0 Å². The first-order valence-electron chi connectivity index (χ1n) is 14.0. The number of amides is 1. The molecule has 1 atom stereocenters. The molecule has 4 aromatic heterocycles. The Hall–Kier alpha value is -4.08. The Balaban J connectivity index is 1.19. The summed E-state index contributed by atoms with van der Waals surface area (Å²) in [7, 11) is -1.37. The number of hydrogen-bond donors (Lipinski definition) is 2. The molecule has 1 unspecified atom stereocenters. The molecule has 0 saturated carbocycles. The van der Waals surface area contributed by atoms with Crippen LogP contribution in [0.5, 0.6) is 0 Å². The number of aryl methyl sites for hydroxylation is 1. The Morgan fingerprint density at radius 2 is 2.12 bits per heavy atom. The molecule has 0 aromatic carbocycles. The monoisotopic (exact) mass is 623 g/mol. The van der Waals surface area contributed by atoms with Gasteiger partial charge in [-0.2, -0.15) is 9.47 Å². The molecule has 1 fully saturated rings. The van der Waals surface area contributed by atoms with Gasteiger partial charge in [-0.1, -0.05) is 18.2 Å². The van der Waals surface area contributed by atoms with Crippen LogP contribution in [0.25, 0.3) is 16.9 Å². The van der Waals surface area contributed by atoms with E-state index in [2.05, 4.69) is 37.2 Å². The third-order valence-electron chi connectivity index (χ3n) is 7.44. The Bertz CT molecular complexity index is 1800. The third kappa shape index (κ3) is 6.78. The number of imidazole rings is 1. The van der Waals surface area contributed by atoms with Gasteiger partial charge in [-0.25, -0.2) is 27.5 Å². The lowest BCUT2D eigenvalue weighted by molar-refractivity contribution is 0.156. The molecule has 1 amide bonds. The van der Waals surface area contributed by atoms with Crippen molar-refractivity contribution in [3.63, 3.8) is 0 Å². The zero-order valence-corrected chi connectivity index (χ0v) is 25.6. The molecule has 4 aromatic rings. The van der Waals surface area contributed by atoms with Gasteiger partial charge < -0.3 is 15.4 Å². The lowest BCUT2D eigenvalue weighted by Crippen LogP contribution is -2.27. The van der Waals surface area contributed by atoms with Gasteiger partial charge in [0.2, 0.25) is 10.0 Å². The van der Waals surface area contributed by atoms with Crippen molar-refractivity contribution in [3.8, 4) is 11.3 Å². The third-order valence-corrected chi connectivity index (χ3v) is 9.43. The van der Waals surface area contributed by atoms with Crippen LogP contribution >= 0.6 is 11.5 Å². The number of carbonyl (C=O) groups excluding carboxylic acids is 1. The van der Waals surface area contributed by atoms with Crippen molar-refractivity contribution < 1.29 is 17.9 Å². The maximum Gasteiger partial charge on any atom is 0.407 e. The zero-order chi connectivity index (χ0) is 30.0. The van der Waals surface area contributed by atoms with Crippen molar-refractivity contribution in [2.75, 3.05) is 37.8 Å². The second-order valence-corrected chi connectivity index (χ2v) is 13.5. The van der Waals surface area contributed by atoms with Crippen LogP contribution < -0.4 is 10.6 Å². The summed E-state index contributed by atoms with van der Waals surface area (Å²) < 4.78 is 39.1. The van der Waals surface area contributed by atoms with E-state index in [0.29, 0.717) is 37.5 Å². The highest BCUT2D eigenvalue weighted by molar-refractivity contribution is 7.88. The first-order chi connectivity index (χ1) is 20.7. The first kappa shape index (κ1) is 29.0. The van der Waals surface area contributed by atoms with Crippen molar-refractivity contribution in [2.45, 2.75) is 31.6 Å². The minimum atomic E-state index is -3.23. The van der Waals surface area contributed by atoms with E-state index in [1.54, 1.807) is 17.1 Å². The number of anilines is 2. The largest absolute Gasteiger partial charge is 0.445 e. The topological polar surface area (TPSA) is 149 Å². The van der Waals surface area contributed by atoms with E-state index >= 15 is 0 Å². The molecule has 1 saturated heterocycles. The van der Waals surface area contributed by atoms with Crippen molar-refractivity contribution in [2.24, 2.45) is 7.05 Å². The Morgan fingerprint density at radius 1 is 1.23 bits per heavy atom. The molecule has 2 N–H and O–H groups in total. The van der Waals surface area contributed by atoms with E-state index in [-0.39, 0.29) is 12.5 Å². The van der Waals surface area contributed by atoms with E-state index in [4.69, 9.17) is 9.72 Å². The predicted molar refractivity (Wildman–Crippen MR) is 164 cm³/mol. The molecule has 1 aliphatic heterocycles. The van der Waals surface area contributed by atoms with Crippen molar-refractivity contribution in [1.29, 1.82) is 0 Å². The fourth-order valence-corrected chi connectivity index (χ4v) is 6.81. The van der Waals surface area contributed by atoms with Crippen molar-refractivity contribution >= 4 is 44.1 Å². The highest BCUT2D eigenvalue weighted by atomic mass is 32.2. The molecule has 5 heterocycles. The number of alkyl carbamates (subject to hydrolysis) is 1. The first-order valence-corrected chi connectivity index (χ1v) is 16.7. The summed E-state index contributed by atoms with van der Waals surface area (Å²) in [6.45, 7) is 1.51. The predicted octanol–water partition coefficient (Wildman–Crippen LogP) is 3.62. The van der Waals surface area contributed by atoms with Crippen LogP contribution in [-0.4, -0.2) is 79.8 Å². The molecule has 0 spiro atoms. The molecule has 1 aliphatic carbocycles. The number of sulfonamides is 1. The van der Waals surface area contributed by atoms with Gasteiger partial charge >= 0.3 is 6.09 Å². The van der Waals surface area contributed by atoms with Crippen LogP contribution in [0.3, 0.4) is 0 Å². The molecule has 15 heteroatoms. The van der Waals surface area contributed by atoms with Gasteiger partial charge in [-0.3, -0.25) is 9.08 Å². The number of ether oxygens (including phenoxy) is 1. The van der Waals surface area contributed by atoms with Crippen molar-refractivity contribution in [3.05, 3.63) is 66.0 Å². The number of allylic oxidation sites excluding steroid dienone is 2. The second kappa shape index (κ2) is 12.3. The van der Waals surface area contributed by atoms with Crippen LogP contribution in [-0.2, 0) is 28.2 Å². The molecule has 13 nitrogen and oxygen atoms in total. The average Bonchev–Trinajstić information content (AvgIpc) is 3.79. The Kier molecular flexibility index (Phi) is 8.27. The number of rotatable bonds is 10. The Labute approximate surface area is 253 Å². The molecular weight excluding hydrogens is 591 g/mol. The fourth-order valence-electron chi connectivity index (χ4n) is 5.20. The highest BCUT2D eigenvalue weighted by Gasteiger charge is 2.31. The second-order valence-electron chi connectivity index (χ2n) is 10.7. The lowest BCUT2D eigenvalue weighted by Gasteiger charge is -2.12. The van der Waals surface area contributed by atoms with Gasteiger partial charge in [0.15, 0.2) is 11.5 Å². The van der Waals surface area contributed by atoms with E-state index in [1.165, 1.54) is 22.1 Å². The number of nitrogens with one attached hydrogen (secondary N) is 2. The fraction of sp³-hybridized carbons (Fsp3) is 0.393. The van der Waals surface area contributed by atoms with Gasteiger partial charge in [-0.05, 0) is 42.4 Å². The summed E-state index contributed by atoms with van der Waals surface area (Å²) in [4.78, 5) is 21.8. The van der Waals surface area contributed by atoms with E-state index in [0.717, 1.165) is 52.5 Å². The molecule has 43 heavy (non-hydrogen) atoms. The SMILES string of the molecule is Cn1cc(-c2cnc3c(Nc4cc(C5CCN(S(C)(=O)=O)C5)ns4)nc(CCNC(=O)OCC4=CCCC=C4)cn23)cn1. The molecular formula is C28H33N9O4S2. The van der Waals surface area contributed by atoms with Crippen LogP contribution in [0, 0.1) is 0 Å². The van der Waals surface area contributed by atoms with Crippen LogP contribution in [0.2, 0.25) is 0 Å². The van der Waals surface area contributed by atoms with Gasteiger partial charge in [0.25, 0.3) is 0 Å². The summed E-state index contributed by atoms with van der Waals surface area (Å²) >= 11 is 1.30. The lowest BCUT2D eigenvalue weighted by atomic mass is 10.1. The summed E-state index contributed by atoms with van der Waals surface area (Å²) in [5.41, 5.74) is 4.98. The maximum atomic E-state index is 12.3. The smallest absolute Gasteiger partial charge is 0.407 e. The highest BCUT2D eigenvalue weighted by Crippen LogP contribution is 2.33. The van der Waals surface area contributed by atoms with Crippen LogP contribution in [0.4, 0.5) is 15.6 Å². The summed E-state index contributed by atoms with van der Waals surface area (Å²) in [6, 6.07) is 1.95. The number of nitrogens with zero attached hydrogens (tertiary/aromatic N) is 7. The summed E-state index contributed by atoms with van der Waals surface area (Å²) in [5, 5.41) is 11.3. The Morgan fingerprint density at radius 3 is 2.86 bits per heavy atom. The number of aromatic nitrogens is 6. The molecule has 226 valence electrons. The van der Waals surface area contributed by atoms with Crippen LogP contribution in [0.15, 0.2) is 54.7 Å². The summed E-state index contributed by atoms with van der Waals surface area (Å²) in [6.07, 6.45) is 17.5. The van der Waals surface area contributed by atoms with E-state index in [9.17, 15) is 13.2 Å². The normalized spacial score (nSPS) is 17.3. The maximum absolute atomic E-state index is 12.3. The molecule has 6 rings (SSSR count). The van der Waals surface area contributed by atoms with E-state index < -0.39 is 16.1 Å². The minimum absolute atomic E-state index is 0.0423. The molecule has 0 bridgehead atoms. The summed E-state index contributed by atoms with van der Waals surface area (Å²) in [5.74, 6) is 0.589. The minimum Gasteiger partial charge on any atom is -0.445 e. The number of carbonyl (C=O) groups is 1. The van der Waals surface area contributed by atoms with Gasteiger partial charge in [0, 0.05) is 57.0 Å². The zero-order valence-electron chi connectivity index (χ0n) is 23.9. The van der Waals surface area contributed by atoms with Gasteiger partial charge in [0.05, 0.1) is 35.7 Å². The number of fused-ring (bicyclic) bond motifs is 1. The van der Waals surface area contributed by atoms with Crippen molar-refractivity contribution in [1.82, 2.24) is 38.1 Å². The molecule has 0 radical (unpaired) electrons.